The molecule has 2 aromatic rings. The SMILES string of the molecule is Cc1ccc(CNCCc2nccs2)cc1C. The Balaban J connectivity index is 1.76. The van der Waals surface area contributed by atoms with Gasteiger partial charge >= 0.3 is 0 Å². The molecule has 0 fully saturated rings. The molecule has 0 radical (unpaired) electrons. The molecule has 0 saturated carbocycles. The molecule has 0 bridgehead atoms. The first kappa shape index (κ1) is 12.3. The average Bonchev–Trinajstić information content (AvgIpc) is 2.82. The Hall–Kier alpha value is -1.19. The molecule has 1 aromatic carbocycles. The van der Waals surface area contributed by atoms with Crippen molar-refractivity contribution in [3.05, 3.63) is 51.5 Å². The van der Waals surface area contributed by atoms with E-state index >= 15 is 0 Å². The van der Waals surface area contributed by atoms with Crippen LogP contribution < -0.4 is 5.32 Å². The maximum atomic E-state index is 4.27. The molecule has 2 nitrogen and oxygen atoms in total. The van der Waals surface area contributed by atoms with Crippen molar-refractivity contribution in [1.29, 1.82) is 0 Å². The molecule has 17 heavy (non-hydrogen) atoms. The van der Waals surface area contributed by atoms with Crippen molar-refractivity contribution in [3.8, 4) is 0 Å². The molecular formula is C14H18N2S. The number of aromatic nitrogens is 1. The van der Waals surface area contributed by atoms with Crippen molar-refractivity contribution in [2.24, 2.45) is 0 Å². The van der Waals surface area contributed by atoms with Crippen LogP contribution in [0.3, 0.4) is 0 Å². The van der Waals surface area contributed by atoms with Crippen molar-refractivity contribution in [3.63, 3.8) is 0 Å². The molecule has 0 amide bonds. The summed E-state index contributed by atoms with van der Waals surface area (Å²) in [5, 5.41) is 6.69. The van der Waals surface area contributed by atoms with Crippen LogP contribution >= 0.6 is 11.3 Å². The summed E-state index contributed by atoms with van der Waals surface area (Å²) in [6, 6.07) is 6.64. The second-order valence-electron chi connectivity index (χ2n) is 4.27. The molecule has 1 N–H and O–H groups in total. The summed E-state index contributed by atoms with van der Waals surface area (Å²) in [4.78, 5) is 4.27. The highest BCUT2D eigenvalue weighted by molar-refractivity contribution is 7.09. The zero-order chi connectivity index (χ0) is 12.1. The minimum atomic E-state index is 0.937. The number of benzene rings is 1. The molecule has 1 heterocycles. The third kappa shape index (κ3) is 3.65. The monoisotopic (exact) mass is 246 g/mol. The lowest BCUT2D eigenvalue weighted by Gasteiger charge is -2.06. The Morgan fingerprint density at radius 1 is 1.24 bits per heavy atom. The smallest absolute Gasteiger partial charge is 0.0937 e. The molecule has 3 heteroatoms. The maximum absolute atomic E-state index is 4.27. The first-order chi connectivity index (χ1) is 8.25. The van der Waals surface area contributed by atoms with Crippen molar-refractivity contribution in [2.45, 2.75) is 26.8 Å². The van der Waals surface area contributed by atoms with Gasteiger partial charge in [-0.1, -0.05) is 18.2 Å². The van der Waals surface area contributed by atoms with Crippen LogP contribution in [0.1, 0.15) is 21.7 Å². The number of rotatable bonds is 5. The average molecular weight is 246 g/mol. The van der Waals surface area contributed by atoms with Gasteiger partial charge < -0.3 is 5.32 Å². The van der Waals surface area contributed by atoms with Crippen LogP contribution in [0.5, 0.6) is 0 Å². The van der Waals surface area contributed by atoms with E-state index in [9.17, 15) is 0 Å². The number of hydrogen-bond donors (Lipinski definition) is 1. The number of nitrogens with zero attached hydrogens (tertiary/aromatic N) is 1. The molecule has 0 spiro atoms. The van der Waals surface area contributed by atoms with Crippen molar-refractivity contribution >= 4 is 11.3 Å². The van der Waals surface area contributed by atoms with Gasteiger partial charge in [-0.25, -0.2) is 4.98 Å². The Morgan fingerprint density at radius 2 is 2.12 bits per heavy atom. The lowest BCUT2D eigenvalue weighted by Crippen LogP contribution is -2.16. The van der Waals surface area contributed by atoms with E-state index in [1.165, 1.54) is 21.7 Å². The van der Waals surface area contributed by atoms with Gasteiger partial charge in [0.05, 0.1) is 5.01 Å². The van der Waals surface area contributed by atoms with Crippen LogP contribution in [-0.2, 0) is 13.0 Å². The zero-order valence-corrected chi connectivity index (χ0v) is 11.2. The maximum Gasteiger partial charge on any atom is 0.0937 e. The molecule has 0 atom stereocenters. The molecule has 0 aliphatic rings. The van der Waals surface area contributed by atoms with Gasteiger partial charge in [0.1, 0.15) is 0 Å². The first-order valence-corrected chi connectivity index (χ1v) is 6.79. The summed E-state index contributed by atoms with van der Waals surface area (Å²) in [6.07, 6.45) is 2.88. The second kappa shape index (κ2) is 5.94. The van der Waals surface area contributed by atoms with Gasteiger partial charge in [-0.15, -0.1) is 11.3 Å². The molecule has 0 aliphatic carbocycles. The van der Waals surface area contributed by atoms with Crippen LogP contribution in [0, 0.1) is 13.8 Å². The minimum Gasteiger partial charge on any atom is -0.312 e. The predicted octanol–water partition coefficient (Wildman–Crippen LogP) is 3.09. The van der Waals surface area contributed by atoms with Gasteiger partial charge in [0.25, 0.3) is 0 Å². The van der Waals surface area contributed by atoms with E-state index < -0.39 is 0 Å². The van der Waals surface area contributed by atoms with Crippen molar-refractivity contribution < 1.29 is 0 Å². The molecule has 0 aliphatic heterocycles. The van der Waals surface area contributed by atoms with Crippen LogP contribution in [-0.4, -0.2) is 11.5 Å². The summed E-state index contributed by atoms with van der Waals surface area (Å²) < 4.78 is 0. The molecule has 2 rings (SSSR count). The zero-order valence-electron chi connectivity index (χ0n) is 10.4. The highest BCUT2D eigenvalue weighted by Crippen LogP contribution is 2.09. The summed E-state index contributed by atoms with van der Waals surface area (Å²) >= 11 is 1.72. The van der Waals surface area contributed by atoms with E-state index in [0.29, 0.717) is 0 Å². The molecule has 1 aromatic heterocycles. The van der Waals surface area contributed by atoms with E-state index in [2.05, 4.69) is 42.3 Å². The van der Waals surface area contributed by atoms with Gasteiger partial charge in [-0.2, -0.15) is 0 Å². The second-order valence-corrected chi connectivity index (χ2v) is 5.25. The lowest BCUT2D eigenvalue weighted by atomic mass is 10.1. The normalized spacial score (nSPS) is 10.7. The number of thiazole rings is 1. The molecule has 0 saturated heterocycles. The minimum absolute atomic E-state index is 0.937. The predicted molar refractivity (Wildman–Crippen MR) is 73.4 cm³/mol. The number of hydrogen-bond acceptors (Lipinski definition) is 3. The fraction of sp³-hybridized carbons (Fsp3) is 0.357. The van der Waals surface area contributed by atoms with E-state index in [1.54, 1.807) is 11.3 Å². The molecule has 90 valence electrons. The van der Waals surface area contributed by atoms with E-state index in [0.717, 1.165) is 19.5 Å². The lowest BCUT2D eigenvalue weighted by molar-refractivity contribution is 0.685. The third-order valence-electron chi connectivity index (χ3n) is 2.90. The van der Waals surface area contributed by atoms with Gasteiger partial charge in [-0.05, 0) is 30.5 Å². The van der Waals surface area contributed by atoms with Crippen LogP contribution in [0.15, 0.2) is 29.8 Å². The summed E-state index contributed by atoms with van der Waals surface area (Å²) in [7, 11) is 0. The quantitative estimate of drug-likeness (QED) is 0.820. The van der Waals surface area contributed by atoms with E-state index in [4.69, 9.17) is 0 Å². The highest BCUT2D eigenvalue weighted by atomic mass is 32.1. The summed E-state index contributed by atoms with van der Waals surface area (Å²) in [6.45, 7) is 6.23. The van der Waals surface area contributed by atoms with Gasteiger partial charge in [-0.3, -0.25) is 0 Å². The fourth-order valence-corrected chi connectivity index (χ4v) is 2.34. The number of nitrogens with one attached hydrogen (secondary N) is 1. The van der Waals surface area contributed by atoms with Crippen LogP contribution in [0.25, 0.3) is 0 Å². The molecular weight excluding hydrogens is 228 g/mol. The Labute approximate surface area is 107 Å². The first-order valence-electron chi connectivity index (χ1n) is 5.91. The third-order valence-corrected chi connectivity index (χ3v) is 3.74. The van der Waals surface area contributed by atoms with Crippen molar-refractivity contribution in [1.82, 2.24) is 10.3 Å². The van der Waals surface area contributed by atoms with Gasteiger partial charge in [0.15, 0.2) is 0 Å². The Bertz CT molecular complexity index is 463. The largest absolute Gasteiger partial charge is 0.312 e. The summed E-state index contributed by atoms with van der Waals surface area (Å²) in [5.74, 6) is 0. The fourth-order valence-electron chi connectivity index (χ4n) is 1.72. The molecule has 0 unspecified atom stereocenters. The van der Waals surface area contributed by atoms with Crippen LogP contribution in [0.2, 0.25) is 0 Å². The standard InChI is InChI=1S/C14H18N2S/c1-11-3-4-13(9-12(11)2)10-15-6-5-14-16-7-8-17-14/h3-4,7-9,15H,5-6,10H2,1-2H3. The Morgan fingerprint density at radius 3 is 2.82 bits per heavy atom. The van der Waals surface area contributed by atoms with Crippen LogP contribution in [0.4, 0.5) is 0 Å². The van der Waals surface area contributed by atoms with E-state index in [-0.39, 0.29) is 0 Å². The van der Waals surface area contributed by atoms with Gasteiger partial charge in [0, 0.05) is 31.1 Å². The topological polar surface area (TPSA) is 24.9 Å². The number of aryl methyl sites for hydroxylation is 2. The van der Waals surface area contributed by atoms with Gasteiger partial charge in [0.2, 0.25) is 0 Å². The highest BCUT2D eigenvalue weighted by Gasteiger charge is 1.97. The van der Waals surface area contributed by atoms with Crippen molar-refractivity contribution in [2.75, 3.05) is 6.54 Å². The van der Waals surface area contributed by atoms with E-state index in [1.807, 2.05) is 11.6 Å². The Kier molecular flexibility index (Phi) is 4.29. The summed E-state index contributed by atoms with van der Waals surface area (Å²) in [5.41, 5.74) is 4.08.